The maximum absolute atomic E-state index is 11.6. The van der Waals surface area contributed by atoms with Crippen LogP contribution < -0.4 is 20.5 Å². The standard InChI is InChI=1S/C14H22N2O3.ClH/c1-10(15)4-7-14(17)16-9-11-5-6-12(18-2)13(8-11)19-3;/h5-6,8,10H,4,7,9,15H2,1-3H3,(H,16,17);1H. The van der Waals surface area contributed by atoms with Gasteiger partial charge in [-0.15, -0.1) is 12.4 Å². The molecule has 6 heteroatoms. The Kier molecular flexibility index (Phi) is 8.76. The number of benzene rings is 1. The van der Waals surface area contributed by atoms with Crippen LogP contribution in [0.25, 0.3) is 0 Å². The van der Waals surface area contributed by atoms with Crippen LogP contribution in [0.5, 0.6) is 11.5 Å². The molecule has 0 aliphatic carbocycles. The second-order valence-electron chi connectivity index (χ2n) is 4.48. The molecule has 0 aromatic heterocycles. The number of hydrogen-bond donors (Lipinski definition) is 2. The molecule has 3 N–H and O–H groups in total. The largest absolute Gasteiger partial charge is 0.493 e. The number of hydrogen-bond acceptors (Lipinski definition) is 4. The van der Waals surface area contributed by atoms with Crippen LogP contribution >= 0.6 is 12.4 Å². The van der Waals surface area contributed by atoms with E-state index in [2.05, 4.69) is 5.32 Å². The molecule has 0 radical (unpaired) electrons. The van der Waals surface area contributed by atoms with Crippen molar-refractivity contribution in [1.82, 2.24) is 5.32 Å². The lowest BCUT2D eigenvalue weighted by Crippen LogP contribution is -2.25. The minimum Gasteiger partial charge on any atom is -0.493 e. The van der Waals surface area contributed by atoms with Crippen LogP contribution in [-0.2, 0) is 11.3 Å². The average Bonchev–Trinajstić information content (AvgIpc) is 2.42. The summed E-state index contributed by atoms with van der Waals surface area (Å²) >= 11 is 0. The number of carbonyl (C=O) groups is 1. The minimum atomic E-state index is 0. The van der Waals surface area contributed by atoms with Crippen LogP contribution in [0.4, 0.5) is 0 Å². The van der Waals surface area contributed by atoms with E-state index in [1.165, 1.54) is 0 Å². The fraction of sp³-hybridized carbons (Fsp3) is 0.500. The first-order valence-electron chi connectivity index (χ1n) is 6.30. The molecule has 0 aliphatic rings. The second kappa shape index (κ2) is 9.44. The first kappa shape index (κ1) is 18.5. The zero-order chi connectivity index (χ0) is 14.3. The summed E-state index contributed by atoms with van der Waals surface area (Å²) in [6.07, 6.45) is 1.14. The molecule has 0 saturated carbocycles. The molecule has 1 amide bonds. The van der Waals surface area contributed by atoms with Crippen molar-refractivity contribution in [3.63, 3.8) is 0 Å². The Morgan fingerprint density at radius 2 is 1.95 bits per heavy atom. The molecule has 1 unspecified atom stereocenters. The Balaban J connectivity index is 0.00000361. The highest BCUT2D eigenvalue weighted by molar-refractivity contribution is 5.85. The first-order chi connectivity index (χ1) is 9.06. The van der Waals surface area contributed by atoms with Crippen LogP contribution in [0.2, 0.25) is 0 Å². The van der Waals surface area contributed by atoms with Crippen LogP contribution in [0.1, 0.15) is 25.3 Å². The Morgan fingerprint density at radius 1 is 1.30 bits per heavy atom. The van der Waals surface area contributed by atoms with Crippen molar-refractivity contribution in [2.45, 2.75) is 32.4 Å². The number of ether oxygens (including phenoxy) is 2. The van der Waals surface area contributed by atoms with Crippen molar-refractivity contribution in [1.29, 1.82) is 0 Å². The predicted molar refractivity (Wildman–Crippen MR) is 81.5 cm³/mol. The van der Waals surface area contributed by atoms with E-state index in [0.29, 0.717) is 30.9 Å². The molecule has 0 spiro atoms. The van der Waals surface area contributed by atoms with E-state index in [4.69, 9.17) is 15.2 Å². The lowest BCUT2D eigenvalue weighted by Gasteiger charge is -2.10. The third-order valence-corrected chi connectivity index (χ3v) is 2.76. The topological polar surface area (TPSA) is 73.6 Å². The third kappa shape index (κ3) is 6.12. The van der Waals surface area contributed by atoms with E-state index in [1.807, 2.05) is 25.1 Å². The summed E-state index contributed by atoms with van der Waals surface area (Å²) in [5.74, 6) is 1.34. The number of nitrogens with two attached hydrogens (primary N) is 1. The summed E-state index contributed by atoms with van der Waals surface area (Å²) in [4.78, 5) is 11.6. The maximum Gasteiger partial charge on any atom is 0.220 e. The highest BCUT2D eigenvalue weighted by Gasteiger charge is 2.06. The molecule has 20 heavy (non-hydrogen) atoms. The molecule has 1 atom stereocenters. The van der Waals surface area contributed by atoms with Crippen LogP contribution in [0.3, 0.4) is 0 Å². The van der Waals surface area contributed by atoms with Crippen LogP contribution in [0, 0.1) is 0 Å². The molecule has 1 rings (SSSR count). The van der Waals surface area contributed by atoms with E-state index in [-0.39, 0.29) is 24.4 Å². The van der Waals surface area contributed by atoms with Crippen molar-refractivity contribution < 1.29 is 14.3 Å². The van der Waals surface area contributed by atoms with Crippen LogP contribution in [-0.4, -0.2) is 26.2 Å². The summed E-state index contributed by atoms with van der Waals surface area (Å²) < 4.78 is 10.4. The molecular formula is C14H23ClN2O3. The van der Waals surface area contributed by atoms with Gasteiger partial charge in [-0.05, 0) is 31.0 Å². The van der Waals surface area contributed by atoms with Gasteiger partial charge in [0.05, 0.1) is 14.2 Å². The van der Waals surface area contributed by atoms with Gasteiger partial charge in [-0.2, -0.15) is 0 Å². The van der Waals surface area contributed by atoms with E-state index in [9.17, 15) is 4.79 Å². The Morgan fingerprint density at radius 3 is 2.50 bits per heavy atom. The normalized spacial score (nSPS) is 11.2. The fourth-order valence-electron chi connectivity index (χ4n) is 1.64. The van der Waals surface area contributed by atoms with E-state index >= 15 is 0 Å². The lowest BCUT2D eigenvalue weighted by molar-refractivity contribution is -0.121. The summed E-state index contributed by atoms with van der Waals surface area (Å²) in [5.41, 5.74) is 6.57. The Hall–Kier alpha value is -1.46. The van der Waals surface area contributed by atoms with Gasteiger partial charge < -0.3 is 20.5 Å². The highest BCUT2D eigenvalue weighted by atomic mass is 35.5. The molecule has 0 heterocycles. The summed E-state index contributed by atoms with van der Waals surface area (Å²) in [6.45, 7) is 2.36. The average molecular weight is 303 g/mol. The smallest absolute Gasteiger partial charge is 0.220 e. The highest BCUT2D eigenvalue weighted by Crippen LogP contribution is 2.27. The summed E-state index contributed by atoms with van der Waals surface area (Å²) in [6, 6.07) is 5.62. The maximum atomic E-state index is 11.6. The lowest BCUT2D eigenvalue weighted by atomic mass is 10.1. The van der Waals surface area contributed by atoms with Gasteiger partial charge >= 0.3 is 0 Å². The molecule has 0 bridgehead atoms. The third-order valence-electron chi connectivity index (χ3n) is 2.76. The molecule has 0 saturated heterocycles. The van der Waals surface area contributed by atoms with Gasteiger partial charge in [0.1, 0.15) is 0 Å². The fourth-order valence-corrected chi connectivity index (χ4v) is 1.64. The van der Waals surface area contributed by atoms with E-state index in [1.54, 1.807) is 14.2 Å². The summed E-state index contributed by atoms with van der Waals surface area (Å²) in [7, 11) is 3.18. The number of methoxy groups -OCH3 is 2. The van der Waals surface area contributed by atoms with Gasteiger partial charge in [0.2, 0.25) is 5.91 Å². The van der Waals surface area contributed by atoms with Crippen molar-refractivity contribution in [3.05, 3.63) is 23.8 Å². The molecular weight excluding hydrogens is 280 g/mol. The first-order valence-corrected chi connectivity index (χ1v) is 6.30. The molecule has 1 aromatic rings. The monoisotopic (exact) mass is 302 g/mol. The second-order valence-corrected chi connectivity index (χ2v) is 4.48. The molecule has 1 aromatic carbocycles. The van der Waals surface area contributed by atoms with Crippen molar-refractivity contribution in [2.75, 3.05) is 14.2 Å². The van der Waals surface area contributed by atoms with Crippen LogP contribution in [0.15, 0.2) is 18.2 Å². The van der Waals surface area contributed by atoms with Gasteiger partial charge in [0.25, 0.3) is 0 Å². The predicted octanol–water partition coefficient (Wildman–Crippen LogP) is 1.87. The minimum absolute atomic E-state index is 0. The molecule has 114 valence electrons. The van der Waals surface area contributed by atoms with Gasteiger partial charge in [0, 0.05) is 19.0 Å². The number of rotatable bonds is 7. The quantitative estimate of drug-likeness (QED) is 0.806. The Bertz CT molecular complexity index is 425. The zero-order valence-corrected chi connectivity index (χ0v) is 13.0. The number of carbonyl (C=O) groups excluding carboxylic acids is 1. The van der Waals surface area contributed by atoms with Gasteiger partial charge in [-0.25, -0.2) is 0 Å². The van der Waals surface area contributed by atoms with Crippen molar-refractivity contribution in [3.8, 4) is 11.5 Å². The molecule has 5 nitrogen and oxygen atoms in total. The summed E-state index contributed by atoms with van der Waals surface area (Å²) in [5, 5.41) is 2.85. The van der Waals surface area contributed by atoms with E-state index in [0.717, 1.165) is 5.56 Å². The number of halogens is 1. The van der Waals surface area contributed by atoms with E-state index < -0.39 is 0 Å². The van der Waals surface area contributed by atoms with Gasteiger partial charge in [-0.3, -0.25) is 4.79 Å². The van der Waals surface area contributed by atoms with Gasteiger partial charge in [0.15, 0.2) is 11.5 Å². The van der Waals surface area contributed by atoms with Crippen molar-refractivity contribution in [2.24, 2.45) is 5.73 Å². The zero-order valence-electron chi connectivity index (χ0n) is 12.1. The SMILES string of the molecule is COc1ccc(CNC(=O)CCC(C)N)cc1OC.Cl. The number of nitrogens with one attached hydrogen (secondary N) is 1. The molecule has 0 aliphatic heterocycles. The van der Waals surface area contributed by atoms with Gasteiger partial charge in [-0.1, -0.05) is 6.07 Å². The number of amides is 1. The molecule has 0 fully saturated rings. The Labute approximate surface area is 126 Å². The van der Waals surface area contributed by atoms with Crippen molar-refractivity contribution >= 4 is 18.3 Å².